The lowest BCUT2D eigenvalue weighted by molar-refractivity contribution is -0.125. The van der Waals surface area contributed by atoms with Crippen LogP contribution < -0.4 is 5.32 Å². The van der Waals surface area contributed by atoms with Gasteiger partial charge in [0.1, 0.15) is 0 Å². The quantitative estimate of drug-likeness (QED) is 0.728. The first-order valence-corrected chi connectivity index (χ1v) is 5.62. The molecule has 1 fully saturated rings. The zero-order valence-electron chi connectivity index (χ0n) is 7.61. The van der Waals surface area contributed by atoms with Crippen molar-refractivity contribution in [1.82, 2.24) is 5.32 Å². The molecule has 0 aromatic heterocycles. The van der Waals surface area contributed by atoms with Crippen molar-refractivity contribution in [3.05, 3.63) is 0 Å². The predicted molar refractivity (Wildman–Crippen MR) is 49.3 cm³/mol. The van der Waals surface area contributed by atoms with Crippen LogP contribution >= 0.6 is 11.8 Å². The van der Waals surface area contributed by atoms with E-state index in [1.807, 2.05) is 0 Å². The second-order valence-electron chi connectivity index (χ2n) is 3.42. The van der Waals surface area contributed by atoms with Crippen molar-refractivity contribution in [2.45, 2.75) is 18.8 Å². The number of alkyl halides is 4. The van der Waals surface area contributed by atoms with E-state index in [9.17, 15) is 17.6 Å². The summed E-state index contributed by atoms with van der Waals surface area (Å²) in [4.78, 5) is 0. The molecular weight excluding hydrogens is 218 g/mol. The number of thioether (sulfide) groups is 1. The van der Waals surface area contributed by atoms with Crippen LogP contribution in [0.25, 0.3) is 0 Å². The minimum Gasteiger partial charge on any atom is -0.311 e. The van der Waals surface area contributed by atoms with Crippen LogP contribution in [0.4, 0.5) is 17.6 Å². The van der Waals surface area contributed by atoms with E-state index in [2.05, 4.69) is 5.32 Å². The highest BCUT2D eigenvalue weighted by atomic mass is 32.2. The largest absolute Gasteiger partial charge is 0.319 e. The van der Waals surface area contributed by atoms with E-state index >= 15 is 0 Å². The summed E-state index contributed by atoms with van der Waals surface area (Å²) in [5, 5.41) is 2.41. The van der Waals surface area contributed by atoms with E-state index in [1.165, 1.54) is 0 Å². The van der Waals surface area contributed by atoms with Crippen molar-refractivity contribution in [1.29, 1.82) is 0 Å². The SMILES string of the molecule is FC(F)C(F)(F)CNCC1CCSC1. The molecule has 0 spiro atoms. The second kappa shape index (κ2) is 5.21. The standard InChI is InChI=1S/C8H13F4NS/c9-7(10)8(11,12)5-13-3-6-1-2-14-4-6/h6-7,13H,1-5H2. The molecule has 1 aliphatic rings. The van der Waals surface area contributed by atoms with E-state index in [-0.39, 0.29) is 0 Å². The lowest BCUT2D eigenvalue weighted by atomic mass is 10.1. The van der Waals surface area contributed by atoms with Crippen LogP contribution in [0.1, 0.15) is 6.42 Å². The maximum Gasteiger partial charge on any atom is 0.319 e. The summed E-state index contributed by atoms with van der Waals surface area (Å²) in [5.41, 5.74) is 0. The van der Waals surface area contributed by atoms with Crippen molar-refractivity contribution in [2.75, 3.05) is 24.6 Å². The average Bonchev–Trinajstić information content (AvgIpc) is 2.56. The molecule has 0 saturated carbocycles. The molecule has 1 unspecified atom stereocenters. The Morgan fingerprint density at radius 2 is 2.14 bits per heavy atom. The molecule has 0 aromatic carbocycles. The van der Waals surface area contributed by atoms with Gasteiger partial charge in [0.2, 0.25) is 0 Å². The lowest BCUT2D eigenvalue weighted by Crippen LogP contribution is -2.40. The molecule has 1 atom stereocenters. The van der Waals surface area contributed by atoms with Gasteiger partial charge in [0.15, 0.2) is 0 Å². The van der Waals surface area contributed by atoms with Crippen LogP contribution in [-0.2, 0) is 0 Å². The molecule has 1 nitrogen and oxygen atoms in total. The molecular formula is C8H13F4NS. The summed E-state index contributed by atoms with van der Waals surface area (Å²) in [5.74, 6) is -1.56. The minimum atomic E-state index is -3.90. The van der Waals surface area contributed by atoms with Crippen LogP contribution in [0.5, 0.6) is 0 Å². The first kappa shape index (κ1) is 12.1. The van der Waals surface area contributed by atoms with Gasteiger partial charge < -0.3 is 5.32 Å². The summed E-state index contributed by atoms with van der Waals surface area (Å²) in [7, 11) is 0. The van der Waals surface area contributed by atoms with E-state index < -0.39 is 18.9 Å². The minimum absolute atomic E-state index is 0.355. The average molecular weight is 231 g/mol. The third-order valence-corrected chi connectivity index (χ3v) is 3.37. The number of hydrogen-bond acceptors (Lipinski definition) is 2. The third kappa shape index (κ3) is 3.65. The summed E-state index contributed by atoms with van der Waals surface area (Å²) < 4.78 is 48.2. The Kier molecular flexibility index (Phi) is 4.50. The Bertz CT molecular complexity index is 171. The zero-order chi connectivity index (χ0) is 10.6. The van der Waals surface area contributed by atoms with E-state index in [1.54, 1.807) is 11.8 Å². The van der Waals surface area contributed by atoms with Crippen LogP contribution in [-0.4, -0.2) is 36.9 Å². The Labute approximate surface area is 84.6 Å². The number of nitrogens with one attached hydrogen (secondary N) is 1. The molecule has 1 heterocycles. The fourth-order valence-electron chi connectivity index (χ4n) is 1.26. The van der Waals surface area contributed by atoms with Gasteiger partial charge in [-0.2, -0.15) is 20.5 Å². The summed E-state index contributed by atoms with van der Waals surface area (Å²) in [6.45, 7) is -0.513. The zero-order valence-corrected chi connectivity index (χ0v) is 8.43. The maximum absolute atomic E-state index is 12.4. The molecule has 0 radical (unpaired) electrons. The lowest BCUT2D eigenvalue weighted by Gasteiger charge is -2.17. The first-order valence-electron chi connectivity index (χ1n) is 4.47. The highest BCUT2D eigenvalue weighted by molar-refractivity contribution is 7.99. The predicted octanol–water partition coefficient (Wildman–Crippen LogP) is 2.23. The number of rotatable bonds is 5. The molecule has 84 valence electrons. The molecule has 0 aliphatic carbocycles. The Morgan fingerprint density at radius 1 is 1.43 bits per heavy atom. The first-order chi connectivity index (χ1) is 6.52. The molecule has 1 N–H and O–H groups in total. The van der Waals surface area contributed by atoms with Gasteiger partial charge in [0.05, 0.1) is 6.54 Å². The third-order valence-electron chi connectivity index (χ3n) is 2.14. The monoisotopic (exact) mass is 231 g/mol. The molecule has 1 saturated heterocycles. The Morgan fingerprint density at radius 3 is 2.64 bits per heavy atom. The topological polar surface area (TPSA) is 12.0 Å². The van der Waals surface area contributed by atoms with Crippen molar-refractivity contribution in [3.8, 4) is 0 Å². The van der Waals surface area contributed by atoms with Gasteiger partial charge in [0.25, 0.3) is 0 Å². The summed E-state index contributed by atoms with van der Waals surface area (Å²) >= 11 is 1.77. The van der Waals surface area contributed by atoms with Crippen molar-refractivity contribution in [2.24, 2.45) is 5.92 Å². The molecule has 0 bridgehead atoms. The van der Waals surface area contributed by atoms with Crippen LogP contribution in [0.3, 0.4) is 0 Å². The molecule has 0 amide bonds. The van der Waals surface area contributed by atoms with Crippen molar-refractivity contribution < 1.29 is 17.6 Å². The molecule has 6 heteroatoms. The van der Waals surface area contributed by atoms with Gasteiger partial charge in [-0.15, -0.1) is 0 Å². The second-order valence-corrected chi connectivity index (χ2v) is 4.57. The van der Waals surface area contributed by atoms with Crippen LogP contribution in [0.2, 0.25) is 0 Å². The van der Waals surface area contributed by atoms with Crippen LogP contribution in [0, 0.1) is 5.92 Å². The maximum atomic E-state index is 12.4. The highest BCUT2D eigenvalue weighted by Gasteiger charge is 2.40. The molecule has 14 heavy (non-hydrogen) atoms. The van der Waals surface area contributed by atoms with Gasteiger partial charge in [-0.3, -0.25) is 0 Å². The molecule has 1 aliphatic heterocycles. The van der Waals surface area contributed by atoms with E-state index in [0.717, 1.165) is 17.9 Å². The fourth-order valence-corrected chi connectivity index (χ4v) is 2.55. The molecule has 1 rings (SSSR count). The molecule has 0 aromatic rings. The normalized spacial score (nSPS) is 23.4. The smallest absolute Gasteiger partial charge is 0.311 e. The van der Waals surface area contributed by atoms with E-state index in [4.69, 9.17) is 0 Å². The highest BCUT2D eigenvalue weighted by Crippen LogP contribution is 2.24. The van der Waals surface area contributed by atoms with Crippen molar-refractivity contribution in [3.63, 3.8) is 0 Å². The number of halogens is 4. The fraction of sp³-hybridized carbons (Fsp3) is 1.00. The van der Waals surface area contributed by atoms with Gasteiger partial charge in [-0.25, -0.2) is 8.78 Å². The summed E-state index contributed by atoms with van der Waals surface area (Å²) in [6.07, 6.45) is -2.59. The Balaban J connectivity index is 2.13. The Hall–Kier alpha value is 0.0300. The van der Waals surface area contributed by atoms with E-state index in [0.29, 0.717) is 12.5 Å². The number of hydrogen-bond donors (Lipinski definition) is 1. The van der Waals surface area contributed by atoms with Gasteiger partial charge in [-0.05, 0) is 30.4 Å². The summed E-state index contributed by atoms with van der Waals surface area (Å²) in [6, 6.07) is 0. The van der Waals surface area contributed by atoms with Gasteiger partial charge >= 0.3 is 12.3 Å². The van der Waals surface area contributed by atoms with Crippen LogP contribution in [0.15, 0.2) is 0 Å². The van der Waals surface area contributed by atoms with Gasteiger partial charge in [0, 0.05) is 0 Å². The van der Waals surface area contributed by atoms with Gasteiger partial charge in [-0.1, -0.05) is 0 Å². The van der Waals surface area contributed by atoms with Crippen molar-refractivity contribution >= 4 is 11.8 Å².